The minimum atomic E-state index is 0.250. The highest BCUT2D eigenvalue weighted by Crippen LogP contribution is 2.29. The molecular formula is C33H46N6O4. The highest BCUT2D eigenvalue weighted by Gasteiger charge is 2.17. The van der Waals surface area contributed by atoms with Crippen LogP contribution >= 0.6 is 0 Å². The fourth-order valence-electron chi connectivity index (χ4n) is 5.00. The van der Waals surface area contributed by atoms with Gasteiger partial charge in [-0.15, -0.1) is 0 Å². The number of nitrogen functional groups attached to an aromatic ring is 1. The molecule has 2 aromatic carbocycles. The number of nitrogens with zero attached hydrogens (tertiary/aromatic N) is 5. The number of likely N-dealkylation sites (N-methyl/N-ethyl adjacent to an activating group) is 1. The zero-order valence-electron chi connectivity index (χ0n) is 26.2. The molecule has 0 bridgehead atoms. The molecule has 2 aromatic heterocycles. The number of pyridine rings is 1. The number of rotatable bonds is 16. The Morgan fingerprint density at radius 2 is 1.77 bits per heavy atom. The van der Waals surface area contributed by atoms with Crippen molar-refractivity contribution < 1.29 is 19.1 Å². The fraction of sp³-hybridized carbons (Fsp3) is 0.485. The van der Waals surface area contributed by atoms with Gasteiger partial charge in [0.15, 0.2) is 5.82 Å². The number of carbonyl (C=O) groups excluding carboxylic acids is 2. The maximum atomic E-state index is 8.12. The topological polar surface area (TPSA) is 116 Å². The molecule has 0 aliphatic heterocycles. The summed E-state index contributed by atoms with van der Waals surface area (Å²) in [5, 5.41) is 1.09. The molecule has 0 aliphatic rings. The monoisotopic (exact) mass is 590 g/mol. The molecule has 232 valence electrons. The Morgan fingerprint density at radius 1 is 1.00 bits per heavy atom. The molecule has 0 unspecified atom stereocenters. The Hall–Kier alpha value is -3.82. The lowest BCUT2D eigenvalue weighted by atomic mass is 10.1. The first-order valence-electron chi connectivity index (χ1n) is 14.9. The van der Waals surface area contributed by atoms with E-state index in [9.17, 15) is 0 Å². The van der Waals surface area contributed by atoms with Crippen molar-refractivity contribution >= 4 is 33.9 Å². The molecular weight excluding hydrogens is 544 g/mol. The van der Waals surface area contributed by atoms with Gasteiger partial charge < -0.3 is 24.7 Å². The van der Waals surface area contributed by atoms with Crippen molar-refractivity contribution in [2.24, 2.45) is 5.92 Å². The predicted molar refractivity (Wildman–Crippen MR) is 170 cm³/mol. The smallest absolute Gasteiger partial charge is 0.373 e. The molecule has 0 saturated heterocycles. The van der Waals surface area contributed by atoms with Crippen LogP contribution in [0.5, 0.6) is 5.75 Å². The van der Waals surface area contributed by atoms with Gasteiger partial charge in [0.1, 0.15) is 17.1 Å². The van der Waals surface area contributed by atoms with Crippen LogP contribution in [0.1, 0.15) is 38.1 Å². The lowest BCUT2D eigenvalue weighted by Gasteiger charge is -2.24. The summed E-state index contributed by atoms with van der Waals surface area (Å²) in [6, 6.07) is 16.7. The van der Waals surface area contributed by atoms with E-state index in [1.165, 1.54) is 5.56 Å². The predicted octanol–water partition coefficient (Wildman–Crippen LogP) is 4.65. The van der Waals surface area contributed by atoms with E-state index in [4.69, 9.17) is 29.8 Å². The second-order valence-electron chi connectivity index (χ2n) is 11.4. The van der Waals surface area contributed by atoms with E-state index >= 15 is 0 Å². The van der Waals surface area contributed by atoms with Gasteiger partial charge in [0, 0.05) is 45.1 Å². The normalized spacial score (nSPS) is 11.3. The highest BCUT2D eigenvalue weighted by molar-refractivity contribution is 6.06. The number of para-hydroxylation sites is 1. The van der Waals surface area contributed by atoms with Crippen molar-refractivity contribution in [1.82, 2.24) is 24.3 Å². The van der Waals surface area contributed by atoms with E-state index in [2.05, 4.69) is 83.7 Å². The van der Waals surface area contributed by atoms with E-state index in [-0.39, 0.29) is 6.15 Å². The van der Waals surface area contributed by atoms with Crippen molar-refractivity contribution in [3.05, 3.63) is 59.9 Å². The molecule has 0 amide bonds. The van der Waals surface area contributed by atoms with Crippen LogP contribution < -0.4 is 10.5 Å². The molecule has 0 spiro atoms. The van der Waals surface area contributed by atoms with Gasteiger partial charge in [0.05, 0.1) is 24.2 Å². The Balaban J connectivity index is 0.00000162. The average molecular weight is 591 g/mol. The number of aryl methyl sites for hydroxylation is 1. The van der Waals surface area contributed by atoms with E-state index in [1.54, 1.807) is 7.11 Å². The number of hydrogen-bond donors (Lipinski definition) is 1. The second kappa shape index (κ2) is 17.3. The standard InChI is InChI=1S/C32H46N6O2.CO2/c1-24(2)23-40-26-12-10-11-25(21-26)22-37(19-18-36(3)4)16-8-9-17-38-29(15-20-39-5)35-30-31(38)27-13-6-7-14-28(27)34-32(30)33;2-1-3/h6-7,10-14,21,24H,8-9,15-20,22-23H2,1-5H3,(H2,33,34);. The molecule has 0 radical (unpaired) electrons. The first kappa shape index (κ1) is 33.7. The van der Waals surface area contributed by atoms with Crippen LogP contribution in [0.15, 0.2) is 48.5 Å². The summed E-state index contributed by atoms with van der Waals surface area (Å²) < 4.78 is 13.7. The molecule has 43 heavy (non-hydrogen) atoms. The van der Waals surface area contributed by atoms with E-state index in [1.807, 2.05) is 12.1 Å². The summed E-state index contributed by atoms with van der Waals surface area (Å²) in [6.45, 7) is 10.6. The first-order chi connectivity index (χ1) is 20.8. The molecule has 10 nitrogen and oxygen atoms in total. The number of hydrogen-bond acceptors (Lipinski definition) is 9. The van der Waals surface area contributed by atoms with Crippen LogP contribution in [0.4, 0.5) is 5.82 Å². The summed E-state index contributed by atoms with van der Waals surface area (Å²) in [7, 11) is 6.00. The van der Waals surface area contributed by atoms with Crippen molar-refractivity contribution in [2.75, 3.05) is 59.8 Å². The number of fused-ring (bicyclic) bond motifs is 3. The van der Waals surface area contributed by atoms with E-state index in [0.29, 0.717) is 18.3 Å². The van der Waals surface area contributed by atoms with Crippen LogP contribution in [0.2, 0.25) is 0 Å². The Morgan fingerprint density at radius 3 is 2.49 bits per heavy atom. The summed E-state index contributed by atoms with van der Waals surface area (Å²) >= 11 is 0. The second-order valence-corrected chi connectivity index (χ2v) is 11.4. The number of benzene rings is 2. The number of imidazole rings is 1. The quantitative estimate of drug-likeness (QED) is 0.186. The molecule has 10 heteroatoms. The number of unbranched alkanes of at least 4 members (excludes halogenated alkanes) is 1. The number of nitrogens with two attached hydrogens (primary N) is 1. The zero-order chi connectivity index (χ0) is 31.2. The zero-order valence-corrected chi connectivity index (χ0v) is 26.2. The van der Waals surface area contributed by atoms with Gasteiger partial charge in [-0.2, -0.15) is 9.59 Å². The maximum absolute atomic E-state index is 8.12. The van der Waals surface area contributed by atoms with Crippen molar-refractivity contribution in [3.63, 3.8) is 0 Å². The van der Waals surface area contributed by atoms with Gasteiger partial charge >= 0.3 is 6.15 Å². The van der Waals surface area contributed by atoms with Crippen LogP contribution in [0, 0.1) is 5.92 Å². The van der Waals surface area contributed by atoms with Crippen molar-refractivity contribution in [2.45, 2.75) is 46.2 Å². The minimum Gasteiger partial charge on any atom is -0.493 e. The Labute approximate surface area is 254 Å². The number of ether oxygens (including phenoxy) is 2. The first-order valence-corrected chi connectivity index (χ1v) is 14.9. The summed E-state index contributed by atoms with van der Waals surface area (Å²) in [6.07, 6.45) is 3.11. The molecule has 2 heterocycles. The van der Waals surface area contributed by atoms with Crippen LogP contribution in [0.25, 0.3) is 21.9 Å². The minimum absolute atomic E-state index is 0.250. The number of methoxy groups -OCH3 is 1. The SMILES string of the molecule is COCCc1nc2c(N)nc3ccccc3c2n1CCCCN(CCN(C)C)Cc1cccc(OCC(C)C)c1.O=C=O. The van der Waals surface area contributed by atoms with Gasteiger partial charge in [-0.1, -0.05) is 44.2 Å². The van der Waals surface area contributed by atoms with Gasteiger partial charge in [-0.3, -0.25) is 4.90 Å². The molecule has 4 aromatic rings. The van der Waals surface area contributed by atoms with Gasteiger partial charge in [0.25, 0.3) is 0 Å². The van der Waals surface area contributed by atoms with Crippen LogP contribution in [-0.4, -0.2) is 84.5 Å². The Kier molecular flexibility index (Phi) is 13.6. The lowest BCUT2D eigenvalue weighted by Crippen LogP contribution is -2.32. The molecule has 0 fully saturated rings. The average Bonchev–Trinajstić information content (AvgIpc) is 3.35. The largest absolute Gasteiger partial charge is 0.493 e. The molecule has 2 N–H and O–H groups in total. The molecule has 0 saturated carbocycles. The number of aromatic nitrogens is 3. The van der Waals surface area contributed by atoms with Gasteiger partial charge in [0.2, 0.25) is 0 Å². The van der Waals surface area contributed by atoms with E-state index in [0.717, 1.165) is 92.1 Å². The molecule has 0 aliphatic carbocycles. The molecule has 4 rings (SSSR count). The van der Waals surface area contributed by atoms with Crippen LogP contribution in [0.3, 0.4) is 0 Å². The maximum Gasteiger partial charge on any atom is 0.373 e. The summed E-state index contributed by atoms with van der Waals surface area (Å²) in [5.41, 5.74) is 10.4. The highest BCUT2D eigenvalue weighted by atomic mass is 16.5. The lowest BCUT2D eigenvalue weighted by molar-refractivity contribution is -0.191. The van der Waals surface area contributed by atoms with Gasteiger partial charge in [-0.25, -0.2) is 9.97 Å². The third-order valence-corrected chi connectivity index (χ3v) is 7.08. The van der Waals surface area contributed by atoms with Crippen LogP contribution in [-0.2, 0) is 33.8 Å². The summed E-state index contributed by atoms with van der Waals surface area (Å²) in [4.78, 5) is 30.6. The van der Waals surface area contributed by atoms with E-state index < -0.39 is 0 Å². The number of anilines is 1. The van der Waals surface area contributed by atoms with Crippen molar-refractivity contribution in [1.29, 1.82) is 0 Å². The Bertz CT molecular complexity index is 1460. The van der Waals surface area contributed by atoms with Gasteiger partial charge in [-0.05, 0) is 63.2 Å². The third kappa shape index (κ3) is 10.1. The molecule has 0 atom stereocenters. The third-order valence-electron chi connectivity index (χ3n) is 7.08. The van der Waals surface area contributed by atoms with Crippen molar-refractivity contribution in [3.8, 4) is 5.75 Å². The summed E-state index contributed by atoms with van der Waals surface area (Å²) in [5.74, 6) is 2.95. The fourth-order valence-corrected chi connectivity index (χ4v) is 5.00.